The number of hydrogen-bond acceptors (Lipinski definition) is 6. The monoisotopic (exact) mass is 879 g/mol. The summed E-state index contributed by atoms with van der Waals surface area (Å²) < 4.78 is 16.7. The number of unbranched alkanes of at least 4 members (excludes halogenated alkanes) is 24. The Labute approximate surface area is 389 Å². The maximum Gasteiger partial charge on any atom is 0.306 e. The molecule has 0 heterocycles. The molecule has 0 aliphatic rings. The molecule has 0 aliphatic heterocycles. The molecule has 1 atom stereocenters. The van der Waals surface area contributed by atoms with Gasteiger partial charge in [-0.05, 0) is 89.9 Å². The van der Waals surface area contributed by atoms with E-state index in [1.165, 1.54) is 103 Å². The molecule has 6 nitrogen and oxygen atoms in total. The van der Waals surface area contributed by atoms with Crippen LogP contribution in [0, 0.1) is 0 Å². The van der Waals surface area contributed by atoms with Gasteiger partial charge in [0, 0.05) is 19.3 Å². The molecule has 0 saturated heterocycles. The number of carbonyl (C=O) groups excluding carboxylic acids is 3. The molecule has 0 saturated carbocycles. The van der Waals surface area contributed by atoms with Gasteiger partial charge < -0.3 is 14.2 Å². The first-order valence-corrected chi connectivity index (χ1v) is 26.4. The predicted molar refractivity (Wildman–Crippen MR) is 270 cm³/mol. The third-order valence-electron chi connectivity index (χ3n) is 11.2. The second kappa shape index (κ2) is 51.5. The molecule has 63 heavy (non-hydrogen) atoms. The summed E-state index contributed by atoms with van der Waals surface area (Å²) in [6, 6.07) is 0. The molecule has 362 valence electrons. The molecule has 0 fully saturated rings. The molecule has 0 aromatic carbocycles. The molecule has 0 N–H and O–H groups in total. The Balaban J connectivity index is 4.22. The van der Waals surface area contributed by atoms with Gasteiger partial charge in [0.1, 0.15) is 13.2 Å². The van der Waals surface area contributed by atoms with Gasteiger partial charge in [-0.1, -0.05) is 216 Å². The highest BCUT2D eigenvalue weighted by atomic mass is 16.6. The lowest BCUT2D eigenvalue weighted by molar-refractivity contribution is -0.167. The van der Waals surface area contributed by atoms with E-state index in [2.05, 4.69) is 93.7 Å². The highest BCUT2D eigenvalue weighted by molar-refractivity contribution is 5.71. The molecule has 0 amide bonds. The summed E-state index contributed by atoms with van der Waals surface area (Å²) in [5, 5.41) is 0. The molecule has 0 aliphatic carbocycles. The van der Waals surface area contributed by atoms with Crippen LogP contribution < -0.4 is 0 Å². The zero-order chi connectivity index (χ0) is 45.8. The van der Waals surface area contributed by atoms with E-state index in [1.54, 1.807) is 0 Å². The topological polar surface area (TPSA) is 78.9 Å². The van der Waals surface area contributed by atoms with Crippen LogP contribution in [0.5, 0.6) is 0 Å². The van der Waals surface area contributed by atoms with Crippen molar-refractivity contribution in [3.05, 3.63) is 72.9 Å². The minimum absolute atomic E-state index is 0.0815. The van der Waals surface area contributed by atoms with Crippen LogP contribution in [0.25, 0.3) is 0 Å². The molecule has 6 heteroatoms. The lowest BCUT2D eigenvalue weighted by atomic mass is 10.1. The maximum absolute atomic E-state index is 12.8. The van der Waals surface area contributed by atoms with E-state index >= 15 is 0 Å². The normalized spacial score (nSPS) is 12.6. The Hall–Kier alpha value is -3.15. The quantitative estimate of drug-likeness (QED) is 0.0262. The van der Waals surface area contributed by atoms with Gasteiger partial charge in [0.15, 0.2) is 6.10 Å². The fraction of sp³-hybridized carbons (Fsp3) is 0.737. The first kappa shape index (κ1) is 59.9. The summed E-state index contributed by atoms with van der Waals surface area (Å²) in [7, 11) is 0. The van der Waals surface area contributed by atoms with E-state index in [-0.39, 0.29) is 31.1 Å². The Morgan fingerprint density at radius 3 is 1.00 bits per heavy atom. The number of rotatable bonds is 47. The molecule has 0 spiro atoms. The van der Waals surface area contributed by atoms with Crippen LogP contribution in [-0.4, -0.2) is 37.2 Å². The van der Waals surface area contributed by atoms with Crippen LogP contribution in [-0.2, 0) is 28.6 Å². The highest BCUT2D eigenvalue weighted by Gasteiger charge is 2.19. The molecule has 1 unspecified atom stereocenters. The summed E-state index contributed by atoms with van der Waals surface area (Å²) in [5.41, 5.74) is 0. The molecule has 0 aromatic heterocycles. The van der Waals surface area contributed by atoms with Crippen LogP contribution in [0.1, 0.15) is 252 Å². The van der Waals surface area contributed by atoms with Crippen molar-refractivity contribution in [3.8, 4) is 0 Å². The van der Waals surface area contributed by atoms with E-state index in [9.17, 15) is 14.4 Å². The molecule has 0 bridgehead atoms. The van der Waals surface area contributed by atoms with E-state index in [0.717, 1.165) is 109 Å². The number of allylic oxidation sites excluding steroid dienone is 12. The van der Waals surface area contributed by atoms with Gasteiger partial charge >= 0.3 is 17.9 Å². The maximum atomic E-state index is 12.8. The Morgan fingerprint density at radius 2 is 0.619 bits per heavy atom. The standard InChI is InChI=1S/C57H98O6/c1-4-7-10-13-16-18-20-22-24-25-26-27-28-29-30-31-33-34-36-38-41-44-47-50-56(59)62-53-54(52-61-55(58)49-46-43-40-15-12-9-6-3)63-57(60)51-48-45-42-39-37-35-32-23-21-19-17-14-11-8-5-2/h7,10,16-19,22-24,26-27,32,54H,4-6,8-9,11-15,20-21,25,28-31,33-53H2,1-3H3/b10-7-,18-16-,19-17-,24-22-,27-26-,32-23-. The van der Waals surface area contributed by atoms with E-state index < -0.39 is 6.10 Å². The molecule has 0 radical (unpaired) electrons. The van der Waals surface area contributed by atoms with Gasteiger partial charge in [-0.3, -0.25) is 14.4 Å². The van der Waals surface area contributed by atoms with Crippen LogP contribution in [0.3, 0.4) is 0 Å². The predicted octanol–water partition coefficient (Wildman–Crippen LogP) is 17.4. The van der Waals surface area contributed by atoms with Crippen molar-refractivity contribution in [1.82, 2.24) is 0 Å². The minimum Gasteiger partial charge on any atom is -0.462 e. The smallest absolute Gasteiger partial charge is 0.306 e. The second-order valence-corrected chi connectivity index (χ2v) is 17.4. The van der Waals surface area contributed by atoms with Crippen LogP contribution in [0.4, 0.5) is 0 Å². The SMILES string of the molecule is CC/C=C\C/C=C\C/C=C\C/C=C\CCCCCCCCCCCCC(=O)OCC(COC(=O)CCCCCCCCC)OC(=O)CCCCCCC/C=C\C/C=C\CCCCC. The number of carbonyl (C=O) groups is 3. The molecular weight excluding hydrogens is 781 g/mol. The van der Waals surface area contributed by atoms with Gasteiger partial charge in [-0.2, -0.15) is 0 Å². The van der Waals surface area contributed by atoms with Crippen molar-refractivity contribution in [2.45, 2.75) is 258 Å². The number of ether oxygens (including phenoxy) is 3. The third kappa shape index (κ3) is 49.7. The number of hydrogen-bond donors (Lipinski definition) is 0. The van der Waals surface area contributed by atoms with E-state index in [0.29, 0.717) is 19.3 Å². The van der Waals surface area contributed by atoms with Gasteiger partial charge in [0.05, 0.1) is 0 Å². The minimum atomic E-state index is -0.780. The fourth-order valence-electron chi connectivity index (χ4n) is 7.23. The van der Waals surface area contributed by atoms with Gasteiger partial charge in [0.2, 0.25) is 0 Å². The van der Waals surface area contributed by atoms with Crippen LogP contribution in [0.2, 0.25) is 0 Å². The summed E-state index contributed by atoms with van der Waals surface area (Å²) in [6.07, 6.45) is 64.7. The zero-order valence-electron chi connectivity index (χ0n) is 41.3. The number of esters is 3. The van der Waals surface area contributed by atoms with Crippen molar-refractivity contribution in [3.63, 3.8) is 0 Å². The average Bonchev–Trinajstić information content (AvgIpc) is 3.28. The Kier molecular flexibility index (Phi) is 48.9. The van der Waals surface area contributed by atoms with Crippen molar-refractivity contribution in [1.29, 1.82) is 0 Å². The van der Waals surface area contributed by atoms with Crippen LogP contribution >= 0.6 is 0 Å². The van der Waals surface area contributed by atoms with Gasteiger partial charge in [0.25, 0.3) is 0 Å². The summed E-state index contributed by atoms with van der Waals surface area (Å²) in [6.45, 7) is 6.44. The van der Waals surface area contributed by atoms with Gasteiger partial charge in [-0.15, -0.1) is 0 Å². The third-order valence-corrected chi connectivity index (χ3v) is 11.2. The second-order valence-electron chi connectivity index (χ2n) is 17.4. The summed E-state index contributed by atoms with van der Waals surface area (Å²) >= 11 is 0. The van der Waals surface area contributed by atoms with Crippen molar-refractivity contribution in [2.75, 3.05) is 13.2 Å². The molecule has 0 aromatic rings. The zero-order valence-corrected chi connectivity index (χ0v) is 41.3. The van der Waals surface area contributed by atoms with Crippen molar-refractivity contribution < 1.29 is 28.6 Å². The van der Waals surface area contributed by atoms with Crippen molar-refractivity contribution in [2.24, 2.45) is 0 Å². The lowest BCUT2D eigenvalue weighted by Crippen LogP contribution is -2.30. The summed E-state index contributed by atoms with van der Waals surface area (Å²) in [4.78, 5) is 37.8. The lowest BCUT2D eigenvalue weighted by Gasteiger charge is -2.18. The van der Waals surface area contributed by atoms with E-state index in [1.807, 2.05) is 0 Å². The Morgan fingerprint density at radius 1 is 0.333 bits per heavy atom. The molecule has 0 rings (SSSR count). The van der Waals surface area contributed by atoms with Crippen LogP contribution in [0.15, 0.2) is 72.9 Å². The van der Waals surface area contributed by atoms with E-state index in [4.69, 9.17) is 14.2 Å². The largest absolute Gasteiger partial charge is 0.462 e. The summed E-state index contributed by atoms with van der Waals surface area (Å²) in [5.74, 6) is -0.904. The van der Waals surface area contributed by atoms with Gasteiger partial charge in [-0.25, -0.2) is 0 Å². The molecular formula is C57H98O6. The Bertz CT molecular complexity index is 1190. The fourth-order valence-corrected chi connectivity index (χ4v) is 7.23. The van der Waals surface area contributed by atoms with Crippen molar-refractivity contribution >= 4 is 17.9 Å². The highest BCUT2D eigenvalue weighted by Crippen LogP contribution is 2.15. The first-order chi connectivity index (χ1) is 31.0. The average molecular weight is 879 g/mol. The first-order valence-electron chi connectivity index (χ1n) is 26.4.